The van der Waals surface area contributed by atoms with E-state index in [0.29, 0.717) is 0 Å². The minimum absolute atomic E-state index is 0.0332. The van der Waals surface area contributed by atoms with Crippen molar-refractivity contribution < 1.29 is 0 Å². The Balaban J connectivity index is 2.28. The zero-order valence-corrected chi connectivity index (χ0v) is 9.70. The molecular formula is C15H15N. The summed E-state index contributed by atoms with van der Waals surface area (Å²) in [6.07, 6.45) is 2.91. The van der Waals surface area contributed by atoms with Crippen LogP contribution in [-0.4, -0.2) is 4.98 Å². The molecule has 0 radical (unpaired) electrons. The maximum Gasteiger partial charge on any atom is 0.0539 e. The average Bonchev–Trinajstić information content (AvgIpc) is 2.29. The first kappa shape index (κ1) is 9.59. The van der Waals surface area contributed by atoms with E-state index in [2.05, 4.69) is 49.2 Å². The SMILES string of the molecule is CC1(C)c2ccccc2Cc2cccnc21. The second kappa shape index (κ2) is 3.18. The lowest BCUT2D eigenvalue weighted by Crippen LogP contribution is -2.28. The molecule has 1 aromatic carbocycles. The number of fused-ring (bicyclic) bond motifs is 2. The summed E-state index contributed by atoms with van der Waals surface area (Å²) in [5.74, 6) is 0. The van der Waals surface area contributed by atoms with Gasteiger partial charge in [0.05, 0.1) is 5.69 Å². The van der Waals surface area contributed by atoms with Crippen LogP contribution < -0.4 is 0 Å². The summed E-state index contributed by atoms with van der Waals surface area (Å²) in [5.41, 5.74) is 5.49. The third kappa shape index (κ3) is 1.21. The van der Waals surface area contributed by atoms with E-state index in [1.54, 1.807) is 0 Å². The van der Waals surface area contributed by atoms with Crippen LogP contribution in [0.2, 0.25) is 0 Å². The highest BCUT2D eigenvalue weighted by molar-refractivity contribution is 5.49. The van der Waals surface area contributed by atoms with Crippen LogP contribution in [0.3, 0.4) is 0 Å². The van der Waals surface area contributed by atoms with E-state index < -0.39 is 0 Å². The molecule has 2 aromatic rings. The molecule has 0 N–H and O–H groups in total. The number of nitrogens with zero attached hydrogens (tertiary/aromatic N) is 1. The Hall–Kier alpha value is -1.63. The van der Waals surface area contributed by atoms with E-state index in [4.69, 9.17) is 0 Å². The molecule has 1 nitrogen and oxygen atoms in total. The van der Waals surface area contributed by atoms with Gasteiger partial charge in [-0.15, -0.1) is 0 Å². The molecule has 1 aromatic heterocycles. The second-order valence-electron chi connectivity index (χ2n) is 4.97. The van der Waals surface area contributed by atoms with E-state index >= 15 is 0 Å². The molecule has 3 rings (SSSR count). The van der Waals surface area contributed by atoms with Crippen molar-refractivity contribution in [1.29, 1.82) is 0 Å². The summed E-state index contributed by atoms with van der Waals surface area (Å²) in [6, 6.07) is 12.9. The minimum atomic E-state index is 0.0332. The van der Waals surface area contributed by atoms with E-state index in [-0.39, 0.29) is 5.41 Å². The zero-order valence-electron chi connectivity index (χ0n) is 9.70. The van der Waals surface area contributed by atoms with Crippen LogP contribution in [0, 0.1) is 0 Å². The summed E-state index contributed by atoms with van der Waals surface area (Å²) >= 11 is 0. The lowest BCUT2D eigenvalue weighted by molar-refractivity contribution is 0.587. The number of hydrogen-bond acceptors (Lipinski definition) is 1. The Labute approximate surface area is 96.2 Å². The zero-order chi connectivity index (χ0) is 11.2. The van der Waals surface area contributed by atoms with Gasteiger partial charge >= 0.3 is 0 Å². The third-order valence-corrected chi connectivity index (χ3v) is 3.55. The van der Waals surface area contributed by atoms with Crippen LogP contribution >= 0.6 is 0 Å². The van der Waals surface area contributed by atoms with Gasteiger partial charge in [0.2, 0.25) is 0 Å². The van der Waals surface area contributed by atoms with Gasteiger partial charge in [-0.05, 0) is 29.2 Å². The molecule has 16 heavy (non-hydrogen) atoms. The normalized spacial score (nSPS) is 16.4. The summed E-state index contributed by atoms with van der Waals surface area (Å²) in [7, 11) is 0. The van der Waals surface area contributed by atoms with Crippen LogP contribution in [0.15, 0.2) is 42.6 Å². The summed E-state index contributed by atoms with van der Waals surface area (Å²) in [4.78, 5) is 4.57. The average molecular weight is 209 g/mol. The molecule has 0 unspecified atom stereocenters. The van der Waals surface area contributed by atoms with Crippen LogP contribution in [0.25, 0.3) is 0 Å². The minimum Gasteiger partial charge on any atom is -0.260 e. The summed E-state index contributed by atoms with van der Waals surface area (Å²) in [6.45, 7) is 4.52. The van der Waals surface area contributed by atoms with Gasteiger partial charge in [-0.25, -0.2) is 0 Å². The van der Waals surface area contributed by atoms with E-state index in [1.165, 1.54) is 22.4 Å². The number of benzene rings is 1. The highest BCUT2D eigenvalue weighted by Gasteiger charge is 2.32. The standard InChI is InChI=1S/C15H15N/c1-15(2)13-8-4-3-6-11(13)10-12-7-5-9-16-14(12)15/h3-9H,10H2,1-2H3. The predicted molar refractivity (Wildman–Crippen MR) is 65.6 cm³/mol. The smallest absolute Gasteiger partial charge is 0.0539 e. The van der Waals surface area contributed by atoms with Crippen molar-refractivity contribution in [2.75, 3.05) is 0 Å². The third-order valence-electron chi connectivity index (χ3n) is 3.55. The van der Waals surface area contributed by atoms with Gasteiger partial charge in [-0.1, -0.05) is 44.2 Å². The fourth-order valence-corrected chi connectivity index (χ4v) is 2.76. The molecule has 0 bridgehead atoms. The maximum absolute atomic E-state index is 4.57. The first-order valence-electron chi connectivity index (χ1n) is 5.72. The molecule has 0 spiro atoms. The summed E-state index contributed by atoms with van der Waals surface area (Å²) < 4.78 is 0. The fraction of sp³-hybridized carbons (Fsp3) is 0.267. The molecular weight excluding hydrogens is 194 g/mol. The van der Waals surface area contributed by atoms with E-state index in [9.17, 15) is 0 Å². The molecule has 1 aliphatic rings. The molecule has 1 heterocycles. The Bertz CT molecular complexity index is 493. The summed E-state index contributed by atoms with van der Waals surface area (Å²) in [5, 5.41) is 0. The molecule has 1 aliphatic carbocycles. The van der Waals surface area contributed by atoms with Gasteiger partial charge in [0.1, 0.15) is 0 Å². The van der Waals surface area contributed by atoms with E-state index in [0.717, 1.165) is 6.42 Å². The molecule has 1 heteroatoms. The van der Waals surface area contributed by atoms with Crippen molar-refractivity contribution in [3.8, 4) is 0 Å². The Morgan fingerprint density at radius 2 is 1.75 bits per heavy atom. The molecule has 0 aliphatic heterocycles. The fourth-order valence-electron chi connectivity index (χ4n) is 2.76. The quantitative estimate of drug-likeness (QED) is 0.648. The molecule has 0 fully saturated rings. The predicted octanol–water partition coefficient (Wildman–Crippen LogP) is 3.31. The highest BCUT2D eigenvalue weighted by atomic mass is 14.7. The number of aromatic nitrogens is 1. The highest BCUT2D eigenvalue weighted by Crippen LogP contribution is 2.39. The van der Waals surface area contributed by atoms with Crippen LogP contribution in [0.1, 0.15) is 36.2 Å². The molecule has 0 amide bonds. The van der Waals surface area contributed by atoms with Gasteiger partial charge in [-0.3, -0.25) is 4.98 Å². The first-order chi connectivity index (χ1) is 7.69. The van der Waals surface area contributed by atoms with Crippen molar-refractivity contribution in [3.05, 3.63) is 65.0 Å². The first-order valence-corrected chi connectivity index (χ1v) is 5.72. The van der Waals surface area contributed by atoms with Crippen molar-refractivity contribution in [2.24, 2.45) is 0 Å². The second-order valence-corrected chi connectivity index (χ2v) is 4.97. The Morgan fingerprint density at radius 3 is 2.62 bits per heavy atom. The van der Waals surface area contributed by atoms with Crippen LogP contribution in [-0.2, 0) is 11.8 Å². The van der Waals surface area contributed by atoms with E-state index in [1.807, 2.05) is 12.3 Å². The van der Waals surface area contributed by atoms with Gasteiger partial charge in [-0.2, -0.15) is 0 Å². The number of rotatable bonds is 0. The van der Waals surface area contributed by atoms with Crippen molar-refractivity contribution in [1.82, 2.24) is 4.98 Å². The Morgan fingerprint density at radius 1 is 1.00 bits per heavy atom. The van der Waals surface area contributed by atoms with Crippen molar-refractivity contribution >= 4 is 0 Å². The van der Waals surface area contributed by atoms with Crippen molar-refractivity contribution in [3.63, 3.8) is 0 Å². The lowest BCUT2D eigenvalue weighted by Gasteiger charge is -2.33. The van der Waals surface area contributed by atoms with Gasteiger partial charge in [0.25, 0.3) is 0 Å². The monoisotopic (exact) mass is 209 g/mol. The largest absolute Gasteiger partial charge is 0.260 e. The number of hydrogen-bond donors (Lipinski definition) is 0. The van der Waals surface area contributed by atoms with Gasteiger partial charge in [0, 0.05) is 11.6 Å². The van der Waals surface area contributed by atoms with Gasteiger partial charge in [0.15, 0.2) is 0 Å². The maximum atomic E-state index is 4.57. The Kier molecular flexibility index (Phi) is 1.90. The number of pyridine rings is 1. The molecule has 0 saturated heterocycles. The van der Waals surface area contributed by atoms with Crippen LogP contribution in [0.5, 0.6) is 0 Å². The van der Waals surface area contributed by atoms with Gasteiger partial charge < -0.3 is 0 Å². The molecule has 80 valence electrons. The molecule has 0 atom stereocenters. The lowest BCUT2D eigenvalue weighted by atomic mass is 9.72. The topological polar surface area (TPSA) is 12.9 Å². The van der Waals surface area contributed by atoms with Crippen LogP contribution in [0.4, 0.5) is 0 Å². The van der Waals surface area contributed by atoms with Crippen molar-refractivity contribution in [2.45, 2.75) is 25.7 Å². The molecule has 0 saturated carbocycles.